The number of primary amides is 1. The van der Waals surface area contributed by atoms with Crippen LogP contribution in [0.25, 0.3) is 10.9 Å². The van der Waals surface area contributed by atoms with Gasteiger partial charge in [-0.25, -0.2) is 4.79 Å². The summed E-state index contributed by atoms with van der Waals surface area (Å²) in [5, 5.41) is 1.12. The van der Waals surface area contributed by atoms with Gasteiger partial charge >= 0.3 is 6.03 Å². The first-order chi connectivity index (χ1) is 9.66. The number of hydrogen-bond donors (Lipinski definition) is 1. The quantitative estimate of drug-likeness (QED) is 0.790. The fraction of sp³-hybridized carbons (Fsp3) is 0.0667. The third-order valence-corrected chi connectivity index (χ3v) is 3.25. The van der Waals surface area contributed by atoms with Gasteiger partial charge in [0.25, 0.3) is 0 Å². The highest BCUT2D eigenvalue weighted by atomic mass is 35.5. The molecule has 0 radical (unpaired) electrons. The normalized spacial score (nSPS) is 10.1. The van der Waals surface area contributed by atoms with Gasteiger partial charge in [0.05, 0.1) is 17.6 Å². The summed E-state index contributed by atoms with van der Waals surface area (Å²) in [6.45, 7) is 0. The van der Waals surface area contributed by atoms with Gasteiger partial charge < -0.3 is 10.3 Å². The molecule has 0 spiro atoms. The van der Waals surface area contributed by atoms with Crippen LogP contribution in [0.3, 0.4) is 0 Å². The van der Waals surface area contributed by atoms with Crippen LogP contribution >= 0.6 is 12.4 Å². The van der Waals surface area contributed by atoms with E-state index in [1.165, 1.54) is 4.90 Å². The molecule has 0 aliphatic heterocycles. The van der Waals surface area contributed by atoms with Crippen LogP contribution in [0.15, 0.2) is 55.0 Å². The van der Waals surface area contributed by atoms with E-state index in [2.05, 4.69) is 4.98 Å². The number of nitrogens with zero attached hydrogens (tertiary/aromatic N) is 3. The van der Waals surface area contributed by atoms with E-state index in [-0.39, 0.29) is 12.4 Å². The number of aryl methyl sites for hydroxylation is 1. The predicted octanol–water partition coefficient (Wildman–Crippen LogP) is 3.21. The largest absolute Gasteiger partial charge is 0.351 e. The van der Waals surface area contributed by atoms with Crippen LogP contribution in [0.5, 0.6) is 0 Å². The highest BCUT2D eigenvalue weighted by molar-refractivity contribution is 6.00. The van der Waals surface area contributed by atoms with E-state index in [0.717, 1.165) is 16.6 Å². The first kappa shape index (κ1) is 14.9. The number of fused-ring (bicyclic) bond motifs is 1. The molecule has 3 aromatic rings. The number of halogens is 1. The van der Waals surface area contributed by atoms with E-state index < -0.39 is 6.03 Å². The topological polar surface area (TPSA) is 64.2 Å². The first-order valence-electron chi connectivity index (χ1n) is 6.21. The van der Waals surface area contributed by atoms with E-state index in [9.17, 15) is 4.79 Å². The van der Waals surface area contributed by atoms with E-state index in [1.807, 2.05) is 42.1 Å². The number of carbonyl (C=O) groups excluding carboxylic acids is 1. The molecule has 2 amide bonds. The van der Waals surface area contributed by atoms with Crippen LogP contribution in [0.4, 0.5) is 16.2 Å². The Labute approximate surface area is 128 Å². The number of carbonyl (C=O) groups is 1. The Hall–Kier alpha value is -2.53. The van der Waals surface area contributed by atoms with Crippen LogP contribution in [-0.4, -0.2) is 15.6 Å². The molecule has 108 valence electrons. The molecule has 0 aliphatic carbocycles. The van der Waals surface area contributed by atoms with Crippen molar-refractivity contribution in [2.45, 2.75) is 0 Å². The van der Waals surface area contributed by atoms with Crippen LogP contribution in [0.1, 0.15) is 0 Å². The number of aromatic nitrogens is 2. The number of rotatable bonds is 2. The minimum Gasteiger partial charge on any atom is -0.351 e. The van der Waals surface area contributed by atoms with E-state index in [0.29, 0.717) is 5.69 Å². The van der Waals surface area contributed by atoms with Crippen LogP contribution in [0.2, 0.25) is 0 Å². The smallest absolute Gasteiger partial charge is 0.323 e. The molecule has 3 rings (SSSR count). The number of nitrogens with two attached hydrogens (primary N) is 1. The molecular formula is C15H15ClN4O. The molecule has 2 N–H and O–H groups in total. The molecule has 0 saturated heterocycles. The lowest BCUT2D eigenvalue weighted by molar-refractivity contribution is 0.256. The molecule has 0 aliphatic rings. The van der Waals surface area contributed by atoms with Gasteiger partial charge in [-0.2, -0.15) is 0 Å². The molecule has 21 heavy (non-hydrogen) atoms. The van der Waals surface area contributed by atoms with Gasteiger partial charge in [0.1, 0.15) is 0 Å². The van der Waals surface area contributed by atoms with E-state index in [1.54, 1.807) is 24.5 Å². The van der Waals surface area contributed by atoms with Crippen molar-refractivity contribution in [3.05, 3.63) is 55.0 Å². The molecule has 0 unspecified atom stereocenters. The third kappa shape index (κ3) is 2.68. The highest BCUT2D eigenvalue weighted by Crippen LogP contribution is 2.28. The van der Waals surface area contributed by atoms with Crippen molar-refractivity contribution >= 4 is 40.7 Å². The zero-order valence-corrected chi connectivity index (χ0v) is 12.2. The Morgan fingerprint density at radius 3 is 2.71 bits per heavy atom. The second-order valence-corrected chi connectivity index (χ2v) is 4.55. The number of hydrogen-bond acceptors (Lipinski definition) is 2. The fourth-order valence-corrected chi connectivity index (χ4v) is 2.28. The lowest BCUT2D eigenvalue weighted by Gasteiger charge is -2.20. The van der Waals surface area contributed by atoms with Crippen LogP contribution < -0.4 is 10.6 Å². The van der Waals surface area contributed by atoms with Gasteiger partial charge in [0, 0.05) is 25.0 Å². The Balaban J connectivity index is 0.00000161. The molecule has 2 aromatic heterocycles. The second kappa shape index (κ2) is 5.85. The molecule has 6 heteroatoms. The molecular weight excluding hydrogens is 288 g/mol. The lowest BCUT2D eigenvalue weighted by Crippen LogP contribution is -2.31. The summed E-state index contributed by atoms with van der Waals surface area (Å²) >= 11 is 0. The summed E-state index contributed by atoms with van der Waals surface area (Å²) in [6.07, 6.45) is 5.25. The number of amides is 2. The van der Waals surface area contributed by atoms with Gasteiger partial charge in [0.15, 0.2) is 0 Å². The highest BCUT2D eigenvalue weighted by Gasteiger charge is 2.15. The molecule has 0 saturated carbocycles. The maximum Gasteiger partial charge on any atom is 0.323 e. The Morgan fingerprint density at radius 2 is 2.05 bits per heavy atom. The maximum atomic E-state index is 11.8. The fourth-order valence-electron chi connectivity index (χ4n) is 2.28. The molecule has 0 atom stereocenters. The number of benzene rings is 1. The molecule has 0 bridgehead atoms. The molecule has 0 fully saturated rings. The van der Waals surface area contributed by atoms with Gasteiger partial charge in [-0.05, 0) is 35.7 Å². The van der Waals surface area contributed by atoms with Crippen LogP contribution in [-0.2, 0) is 7.05 Å². The third-order valence-electron chi connectivity index (χ3n) is 3.25. The van der Waals surface area contributed by atoms with Crippen molar-refractivity contribution in [3.8, 4) is 0 Å². The van der Waals surface area contributed by atoms with Crippen molar-refractivity contribution in [3.63, 3.8) is 0 Å². The monoisotopic (exact) mass is 302 g/mol. The second-order valence-electron chi connectivity index (χ2n) is 4.55. The van der Waals surface area contributed by atoms with Gasteiger partial charge in [-0.15, -0.1) is 12.4 Å². The van der Waals surface area contributed by atoms with Gasteiger partial charge in [-0.3, -0.25) is 9.88 Å². The standard InChI is InChI=1S/C15H14N4O.ClH/c1-18-8-6-11-4-5-12(9-14(11)18)19(15(16)20)13-3-2-7-17-10-13;/h2-10H,1H3,(H2,16,20);1H. The minimum absolute atomic E-state index is 0. The first-order valence-corrected chi connectivity index (χ1v) is 6.21. The maximum absolute atomic E-state index is 11.8. The average Bonchev–Trinajstić information content (AvgIpc) is 2.81. The minimum atomic E-state index is -0.536. The summed E-state index contributed by atoms with van der Waals surface area (Å²) in [7, 11) is 1.96. The zero-order valence-electron chi connectivity index (χ0n) is 11.4. The SMILES string of the molecule is Cl.Cn1ccc2ccc(N(C(N)=O)c3cccnc3)cc21. The van der Waals surface area contributed by atoms with E-state index >= 15 is 0 Å². The number of pyridine rings is 1. The Bertz CT molecular complexity index is 770. The Morgan fingerprint density at radius 1 is 1.24 bits per heavy atom. The molecule has 2 heterocycles. The Kier molecular flexibility index (Phi) is 4.14. The number of urea groups is 1. The summed E-state index contributed by atoms with van der Waals surface area (Å²) in [4.78, 5) is 17.2. The number of anilines is 2. The van der Waals surface area contributed by atoms with E-state index in [4.69, 9.17) is 5.73 Å². The predicted molar refractivity (Wildman–Crippen MR) is 86.1 cm³/mol. The van der Waals surface area contributed by atoms with Gasteiger partial charge in [0.2, 0.25) is 0 Å². The van der Waals surface area contributed by atoms with Crippen LogP contribution in [0, 0.1) is 0 Å². The molecule has 1 aromatic carbocycles. The average molecular weight is 303 g/mol. The van der Waals surface area contributed by atoms with Gasteiger partial charge in [-0.1, -0.05) is 6.07 Å². The lowest BCUT2D eigenvalue weighted by atomic mass is 10.2. The summed E-state index contributed by atoms with van der Waals surface area (Å²) < 4.78 is 2.00. The van der Waals surface area contributed by atoms with Crippen molar-refractivity contribution < 1.29 is 4.79 Å². The van der Waals surface area contributed by atoms with Crippen molar-refractivity contribution in [1.29, 1.82) is 0 Å². The van der Waals surface area contributed by atoms with Crippen molar-refractivity contribution in [2.75, 3.05) is 4.90 Å². The molecule has 5 nitrogen and oxygen atoms in total. The zero-order chi connectivity index (χ0) is 14.1. The van der Waals surface area contributed by atoms with Crippen molar-refractivity contribution in [1.82, 2.24) is 9.55 Å². The summed E-state index contributed by atoms with van der Waals surface area (Å²) in [6, 6.07) is 10.8. The summed E-state index contributed by atoms with van der Waals surface area (Å²) in [5.74, 6) is 0. The summed E-state index contributed by atoms with van der Waals surface area (Å²) in [5.41, 5.74) is 7.92. The van der Waals surface area contributed by atoms with Crippen molar-refractivity contribution in [2.24, 2.45) is 12.8 Å².